The van der Waals surface area contributed by atoms with Gasteiger partial charge in [0.2, 0.25) is 0 Å². The van der Waals surface area contributed by atoms with Gasteiger partial charge in [0.25, 0.3) is 11.7 Å². The fourth-order valence-corrected chi connectivity index (χ4v) is 3.98. The zero-order valence-electron chi connectivity index (χ0n) is 16.7. The molecule has 1 amide bonds. The number of ketones is 1. The summed E-state index contributed by atoms with van der Waals surface area (Å²) in [6, 6.07) is 12.7. The highest BCUT2D eigenvalue weighted by molar-refractivity contribution is 14.1. The second kappa shape index (κ2) is 9.09. The van der Waals surface area contributed by atoms with Crippen LogP contribution < -0.4 is 0 Å². The predicted octanol–water partition coefficient (Wildman–Crippen LogP) is 4.37. The summed E-state index contributed by atoms with van der Waals surface area (Å²) in [7, 11) is 1.60. The van der Waals surface area contributed by atoms with E-state index in [9.17, 15) is 14.7 Å². The molecule has 1 fully saturated rings. The van der Waals surface area contributed by atoms with Crippen molar-refractivity contribution in [3.8, 4) is 0 Å². The highest BCUT2D eigenvalue weighted by Gasteiger charge is 2.45. The molecule has 5 nitrogen and oxygen atoms in total. The fourth-order valence-electron chi connectivity index (χ4n) is 3.62. The molecule has 29 heavy (non-hydrogen) atoms. The summed E-state index contributed by atoms with van der Waals surface area (Å²) in [5, 5.41) is 11.1. The molecule has 1 unspecified atom stereocenters. The molecular formula is C23H24INO4. The number of halogens is 1. The Morgan fingerprint density at radius 1 is 1.14 bits per heavy atom. The summed E-state index contributed by atoms with van der Waals surface area (Å²) in [5.41, 5.74) is 3.34. The Kier molecular flexibility index (Phi) is 6.74. The summed E-state index contributed by atoms with van der Waals surface area (Å²) >= 11 is 2.21. The number of hydrogen-bond donors (Lipinski definition) is 1. The number of aryl methyl sites for hydroxylation is 2. The summed E-state index contributed by atoms with van der Waals surface area (Å²) < 4.78 is 6.16. The van der Waals surface area contributed by atoms with Gasteiger partial charge in [-0.25, -0.2) is 0 Å². The van der Waals surface area contributed by atoms with Crippen molar-refractivity contribution in [1.29, 1.82) is 0 Å². The molecule has 6 heteroatoms. The molecule has 1 aliphatic heterocycles. The van der Waals surface area contributed by atoms with Crippen LogP contribution in [0.5, 0.6) is 0 Å². The van der Waals surface area contributed by atoms with E-state index in [1.165, 1.54) is 0 Å². The van der Waals surface area contributed by atoms with Crippen LogP contribution in [-0.4, -0.2) is 42.0 Å². The van der Waals surface area contributed by atoms with Crippen LogP contribution in [0.1, 0.15) is 34.7 Å². The molecule has 0 spiro atoms. The number of methoxy groups -OCH3 is 1. The molecule has 0 aliphatic carbocycles. The molecule has 1 saturated heterocycles. The summed E-state index contributed by atoms with van der Waals surface area (Å²) in [4.78, 5) is 27.3. The third-order valence-corrected chi connectivity index (χ3v) is 5.84. The maximum absolute atomic E-state index is 13.0. The van der Waals surface area contributed by atoms with Gasteiger partial charge >= 0.3 is 0 Å². The van der Waals surface area contributed by atoms with Crippen molar-refractivity contribution < 1.29 is 19.4 Å². The van der Waals surface area contributed by atoms with Gasteiger partial charge in [-0.3, -0.25) is 9.59 Å². The molecule has 3 rings (SSSR count). The number of carbonyl (C=O) groups excluding carboxylic acids is 2. The molecule has 0 bridgehead atoms. The van der Waals surface area contributed by atoms with E-state index in [0.717, 1.165) is 20.3 Å². The Bertz CT molecular complexity index is 965. The van der Waals surface area contributed by atoms with Gasteiger partial charge in [0, 0.05) is 29.4 Å². The third-order valence-electron chi connectivity index (χ3n) is 5.12. The van der Waals surface area contributed by atoms with Gasteiger partial charge in [0.15, 0.2) is 0 Å². The zero-order valence-corrected chi connectivity index (χ0v) is 18.9. The van der Waals surface area contributed by atoms with Crippen molar-refractivity contribution in [2.24, 2.45) is 0 Å². The van der Waals surface area contributed by atoms with E-state index in [2.05, 4.69) is 22.6 Å². The number of rotatable bonds is 6. The highest BCUT2D eigenvalue weighted by atomic mass is 127. The fraction of sp³-hybridized carbons (Fsp3) is 0.304. The normalized spacial score (nSPS) is 18.5. The highest BCUT2D eigenvalue weighted by Crippen LogP contribution is 2.40. The Hall–Kier alpha value is -2.19. The monoisotopic (exact) mass is 505 g/mol. The van der Waals surface area contributed by atoms with Crippen molar-refractivity contribution in [1.82, 2.24) is 4.90 Å². The van der Waals surface area contributed by atoms with Crippen LogP contribution in [0.15, 0.2) is 48.0 Å². The van der Waals surface area contributed by atoms with Crippen LogP contribution >= 0.6 is 22.6 Å². The lowest BCUT2D eigenvalue weighted by Gasteiger charge is -2.25. The lowest BCUT2D eigenvalue weighted by molar-refractivity contribution is -0.140. The molecule has 1 atom stereocenters. The minimum absolute atomic E-state index is 0.123. The van der Waals surface area contributed by atoms with Gasteiger partial charge in [-0.2, -0.15) is 0 Å². The number of nitrogens with zero attached hydrogens (tertiary/aromatic N) is 1. The Labute approximate surface area is 184 Å². The van der Waals surface area contributed by atoms with Crippen molar-refractivity contribution in [2.75, 3.05) is 20.3 Å². The van der Waals surface area contributed by atoms with Crippen molar-refractivity contribution in [3.63, 3.8) is 0 Å². The van der Waals surface area contributed by atoms with E-state index >= 15 is 0 Å². The molecule has 0 saturated carbocycles. The van der Waals surface area contributed by atoms with E-state index in [-0.39, 0.29) is 11.3 Å². The quantitative estimate of drug-likeness (QED) is 0.208. The third kappa shape index (κ3) is 4.38. The molecule has 152 valence electrons. The van der Waals surface area contributed by atoms with E-state index < -0.39 is 17.7 Å². The van der Waals surface area contributed by atoms with Gasteiger partial charge < -0.3 is 14.7 Å². The standard InChI is InChI=1S/C23H24INO4/c1-14-5-6-15(2)18(13-14)21(26)19-20(16-7-9-17(24)10-8-16)25(11-4-12-29-3)23(28)22(19)27/h5-10,13,20,26H,4,11-12H2,1-3H3. The summed E-state index contributed by atoms with van der Waals surface area (Å²) in [6.45, 7) is 4.66. The van der Waals surface area contributed by atoms with Crippen molar-refractivity contribution in [3.05, 3.63) is 73.9 Å². The molecule has 1 aliphatic rings. The number of ether oxygens (including phenoxy) is 1. The average Bonchev–Trinajstić information content (AvgIpc) is 2.95. The van der Waals surface area contributed by atoms with E-state index in [1.807, 2.05) is 56.3 Å². The number of hydrogen-bond acceptors (Lipinski definition) is 4. The van der Waals surface area contributed by atoms with E-state index in [0.29, 0.717) is 25.1 Å². The van der Waals surface area contributed by atoms with Gasteiger partial charge in [-0.15, -0.1) is 0 Å². The largest absolute Gasteiger partial charge is 0.507 e. The summed E-state index contributed by atoms with van der Waals surface area (Å²) in [6.07, 6.45) is 0.605. The lowest BCUT2D eigenvalue weighted by atomic mass is 9.93. The van der Waals surface area contributed by atoms with Gasteiger partial charge in [-0.1, -0.05) is 29.8 Å². The number of aliphatic hydroxyl groups excluding tert-OH is 1. The minimum atomic E-state index is -0.649. The molecule has 0 aromatic heterocycles. The molecule has 1 heterocycles. The topological polar surface area (TPSA) is 66.8 Å². The first-order chi connectivity index (χ1) is 13.8. The van der Waals surface area contributed by atoms with Gasteiger partial charge in [0.05, 0.1) is 11.6 Å². The number of likely N-dealkylation sites (tertiary alicyclic amines) is 1. The van der Waals surface area contributed by atoms with Crippen LogP contribution in [0.3, 0.4) is 0 Å². The predicted molar refractivity (Wildman–Crippen MR) is 121 cm³/mol. The number of aliphatic hydroxyl groups is 1. The Morgan fingerprint density at radius 2 is 1.83 bits per heavy atom. The second-order valence-corrected chi connectivity index (χ2v) is 8.45. The van der Waals surface area contributed by atoms with Crippen LogP contribution in [0.25, 0.3) is 5.76 Å². The average molecular weight is 505 g/mol. The Morgan fingerprint density at radius 3 is 2.48 bits per heavy atom. The number of Topliss-reactive ketones (excluding diaryl/α,β-unsaturated/α-hetero) is 1. The number of amides is 1. The lowest BCUT2D eigenvalue weighted by Crippen LogP contribution is -2.31. The van der Waals surface area contributed by atoms with Crippen LogP contribution in [0.4, 0.5) is 0 Å². The molecule has 1 N–H and O–H groups in total. The van der Waals surface area contributed by atoms with E-state index in [1.54, 1.807) is 12.0 Å². The number of benzene rings is 2. The van der Waals surface area contributed by atoms with Gasteiger partial charge in [-0.05, 0) is 72.2 Å². The minimum Gasteiger partial charge on any atom is -0.507 e. The summed E-state index contributed by atoms with van der Waals surface area (Å²) in [5.74, 6) is -1.36. The van der Waals surface area contributed by atoms with Gasteiger partial charge in [0.1, 0.15) is 5.76 Å². The van der Waals surface area contributed by atoms with Crippen LogP contribution in [0, 0.1) is 17.4 Å². The molecule has 2 aromatic carbocycles. The first-order valence-electron chi connectivity index (χ1n) is 9.45. The van der Waals surface area contributed by atoms with Crippen molar-refractivity contribution in [2.45, 2.75) is 26.3 Å². The zero-order chi connectivity index (χ0) is 21.1. The molecule has 0 radical (unpaired) electrons. The van der Waals surface area contributed by atoms with Crippen LogP contribution in [-0.2, 0) is 14.3 Å². The molecular weight excluding hydrogens is 481 g/mol. The first-order valence-corrected chi connectivity index (χ1v) is 10.5. The van der Waals surface area contributed by atoms with E-state index in [4.69, 9.17) is 4.74 Å². The Balaban J connectivity index is 2.16. The van der Waals surface area contributed by atoms with Crippen molar-refractivity contribution >= 4 is 40.0 Å². The molecule has 2 aromatic rings. The SMILES string of the molecule is COCCCN1C(=O)C(=O)C(=C(O)c2cc(C)ccc2C)C1c1ccc(I)cc1. The maximum atomic E-state index is 13.0. The maximum Gasteiger partial charge on any atom is 0.295 e. The number of carbonyl (C=O) groups is 2. The second-order valence-electron chi connectivity index (χ2n) is 7.21. The van der Waals surface area contributed by atoms with Crippen LogP contribution in [0.2, 0.25) is 0 Å². The smallest absolute Gasteiger partial charge is 0.295 e. The first kappa shape index (κ1) is 21.5.